The van der Waals surface area contributed by atoms with E-state index in [1.807, 2.05) is 30.5 Å². The summed E-state index contributed by atoms with van der Waals surface area (Å²) in [5, 5.41) is 9.74. The topological polar surface area (TPSA) is 80.3 Å². The van der Waals surface area contributed by atoms with Gasteiger partial charge in [-0.2, -0.15) is 0 Å². The zero-order valence-electron chi connectivity index (χ0n) is 14.1. The van der Waals surface area contributed by atoms with Crippen LogP contribution in [-0.4, -0.2) is 53.8 Å². The molecule has 130 valence electrons. The quantitative estimate of drug-likeness (QED) is 0.925. The average molecular weight is 331 g/mol. The van der Waals surface area contributed by atoms with Crippen LogP contribution >= 0.6 is 0 Å². The number of phenolic OH excluding ortho intramolecular Hbond substituents is 1. The number of nitrogens with zero attached hydrogens (tertiary/aromatic N) is 3. The van der Waals surface area contributed by atoms with Crippen molar-refractivity contribution >= 4 is 5.82 Å². The monoisotopic (exact) mass is 331 g/mol. The Balaban J connectivity index is 0.00000208. The number of anilines is 1. The minimum atomic E-state index is 0. The van der Waals surface area contributed by atoms with Gasteiger partial charge in [0.15, 0.2) is 11.5 Å². The first-order valence-electron chi connectivity index (χ1n) is 7.96. The van der Waals surface area contributed by atoms with E-state index in [0.29, 0.717) is 5.75 Å². The average Bonchev–Trinajstić information content (AvgIpc) is 2.62. The molecule has 0 saturated carbocycles. The number of hydrogen-bond acceptors (Lipinski definition) is 5. The van der Waals surface area contributed by atoms with Crippen LogP contribution < -0.4 is 9.64 Å². The molecule has 1 saturated heterocycles. The predicted octanol–water partition coefficient (Wildman–Crippen LogP) is 1.85. The number of rotatable bonds is 4. The summed E-state index contributed by atoms with van der Waals surface area (Å²) in [5.41, 5.74) is 1.16. The maximum Gasteiger partial charge on any atom is 0.160 e. The number of hydrogen-bond donors (Lipinski definition) is 1. The van der Waals surface area contributed by atoms with E-state index in [-0.39, 0.29) is 17.3 Å². The fourth-order valence-corrected chi connectivity index (χ4v) is 3.04. The summed E-state index contributed by atoms with van der Waals surface area (Å²) in [5.74, 6) is 1.76. The first kappa shape index (κ1) is 18.0. The van der Waals surface area contributed by atoms with Crippen molar-refractivity contribution in [2.24, 2.45) is 0 Å². The Labute approximate surface area is 142 Å². The lowest BCUT2D eigenvalue weighted by atomic mass is 10.1. The van der Waals surface area contributed by atoms with Crippen molar-refractivity contribution in [3.8, 4) is 11.5 Å². The number of aromatic hydroxyl groups is 1. The van der Waals surface area contributed by atoms with Gasteiger partial charge in [-0.1, -0.05) is 12.1 Å². The van der Waals surface area contributed by atoms with Crippen molar-refractivity contribution in [3.63, 3.8) is 0 Å². The number of benzene rings is 1. The maximum atomic E-state index is 9.74. The second-order valence-corrected chi connectivity index (χ2v) is 5.82. The van der Waals surface area contributed by atoms with Crippen LogP contribution in [0.5, 0.6) is 11.5 Å². The van der Waals surface area contributed by atoms with Crippen LogP contribution in [0.1, 0.15) is 18.5 Å². The van der Waals surface area contributed by atoms with Crippen molar-refractivity contribution in [1.82, 2.24) is 9.88 Å². The number of phenols is 1. The molecule has 1 aliphatic rings. The molecule has 24 heavy (non-hydrogen) atoms. The molecule has 1 aromatic heterocycles. The van der Waals surface area contributed by atoms with E-state index in [4.69, 9.17) is 4.74 Å². The number of piperazine rings is 1. The summed E-state index contributed by atoms with van der Waals surface area (Å²) in [6, 6.07) is 11.9. The maximum absolute atomic E-state index is 9.74. The van der Waals surface area contributed by atoms with Gasteiger partial charge in [0.25, 0.3) is 0 Å². The molecule has 1 aromatic carbocycles. The Kier molecular flexibility index (Phi) is 6.00. The van der Waals surface area contributed by atoms with Gasteiger partial charge in [-0.15, -0.1) is 0 Å². The van der Waals surface area contributed by atoms with Gasteiger partial charge >= 0.3 is 0 Å². The Bertz CT molecular complexity index is 643. The molecule has 0 amide bonds. The molecule has 1 fully saturated rings. The normalized spacial score (nSPS) is 16.3. The van der Waals surface area contributed by atoms with Crippen LogP contribution in [0.25, 0.3) is 0 Å². The van der Waals surface area contributed by atoms with Gasteiger partial charge in [0, 0.05) is 38.4 Å². The number of pyridine rings is 1. The van der Waals surface area contributed by atoms with Crippen molar-refractivity contribution in [3.05, 3.63) is 48.2 Å². The van der Waals surface area contributed by atoms with Gasteiger partial charge in [-0.25, -0.2) is 4.98 Å². The van der Waals surface area contributed by atoms with Crippen molar-refractivity contribution in [2.75, 3.05) is 38.2 Å². The summed E-state index contributed by atoms with van der Waals surface area (Å²) in [7, 11) is 1.58. The van der Waals surface area contributed by atoms with E-state index in [1.165, 1.54) is 0 Å². The fraction of sp³-hybridized carbons (Fsp3) is 0.389. The van der Waals surface area contributed by atoms with Gasteiger partial charge < -0.3 is 20.2 Å². The van der Waals surface area contributed by atoms with E-state index >= 15 is 0 Å². The van der Waals surface area contributed by atoms with Crippen LogP contribution in [-0.2, 0) is 0 Å². The SMILES string of the molecule is COc1cc(C(C)N2CCN(c3ccccn3)CC2)ccc1O.O. The van der Waals surface area contributed by atoms with Gasteiger partial charge in [0.2, 0.25) is 0 Å². The number of aromatic nitrogens is 1. The minimum Gasteiger partial charge on any atom is -0.504 e. The van der Waals surface area contributed by atoms with Crippen molar-refractivity contribution in [1.29, 1.82) is 0 Å². The highest BCUT2D eigenvalue weighted by molar-refractivity contribution is 5.43. The molecule has 0 aliphatic carbocycles. The van der Waals surface area contributed by atoms with Gasteiger partial charge in [-0.3, -0.25) is 4.90 Å². The molecule has 6 nitrogen and oxygen atoms in total. The van der Waals surface area contributed by atoms with Crippen LogP contribution in [0.3, 0.4) is 0 Å². The molecule has 0 bridgehead atoms. The molecule has 2 heterocycles. The van der Waals surface area contributed by atoms with Crippen molar-refractivity contribution in [2.45, 2.75) is 13.0 Å². The summed E-state index contributed by atoms with van der Waals surface area (Å²) < 4.78 is 5.21. The zero-order chi connectivity index (χ0) is 16.2. The molecule has 3 N–H and O–H groups in total. The smallest absolute Gasteiger partial charge is 0.160 e. The summed E-state index contributed by atoms with van der Waals surface area (Å²) >= 11 is 0. The second-order valence-electron chi connectivity index (χ2n) is 5.82. The molecular formula is C18H25N3O3. The molecule has 2 aromatic rings. The largest absolute Gasteiger partial charge is 0.504 e. The lowest BCUT2D eigenvalue weighted by Crippen LogP contribution is -2.47. The standard InChI is InChI=1S/C18H23N3O2.H2O/c1-14(15-6-7-16(22)17(13-15)23-2)20-9-11-21(12-10-20)18-5-3-4-8-19-18;/h3-8,13-14,22H,9-12H2,1-2H3;1H2. The first-order chi connectivity index (χ1) is 11.2. The Morgan fingerprint density at radius 1 is 1.12 bits per heavy atom. The van der Waals surface area contributed by atoms with Crippen LogP contribution in [0.15, 0.2) is 42.6 Å². The molecular weight excluding hydrogens is 306 g/mol. The third-order valence-electron chi connectivity index (χ3n) is 4.52. The highest BCUT2D eigenvalue weighted by Crippen LogP contribution is 2.31. The van der Waals surface area contributed by atoms with E-state index < -0.39 is 0 Å². The molecule has 1 atom stereocenters. The minimum absolute atomic E-state index is 0. The highest BCUT2D eigenvalue weighted by Gasteiger charge is 2.23. The number of ether oxygens (including phenoxy) is 1. The van der Waals surface area contributed by atoms with Gasteiger partial charge in [0.1, 0.15) is 5.82 Å². The fourth-order valence-electron chi connectivity index (χ4n) is 3.04. The van der Waals surface area contributed by atoms with Gasteiger partial charge in [0.05, 0.1) is 7.11 Å². The number of methoxy groups -OCH3 is 1. The van der Waals surface area contributed by atoms with Crippen LogP contribution in [0.2, 0.25) is 0 Å². The summed E-state index contributed by atoms with van der Waals surface area (Å²) in [4.78, 5) is 9.20. The molecule has 3 rings (SSSR count). The highest BCUT2D eigenvalue weighted by atomic mass is 16.5. The van der Waals surface area contributed by atoms with Crippen LogP contribution in [0.4, 0.5) is 5.82 Å². The van der Waals surface area contributed by atoms with Gasteiger partial charge in [-0.05, 0) is 36.8 Å². The first-order valence-corrected chi connectivity index (χ1v) is 7.96. The molecule has 6 heteroatoms. The van der Waals surface area contributed by atoms with E-state index in [2.05, 4.69) is 27.8 Å². The molecule has 0 spiro atoms. The third-order valence-corrected chi connectivity index (χ3v) is 4.52. The molecule has 1 unspecified atom stereocenters. The van der Waals surface area contributed by atoms with E-state index in [9.17, 15) is 5.11 Å². The van der Waals surface area contributed by atoms with E-state index in [1.54, 1.807) is 13.2 Å². The summed E-state index contributed by atoms with van der Waals surface area (Å²) in [6.07, 6.45) is 1.84. The van der Waals surface area contributed by atoms with E-state index in [0.717, 1.165) is 37.6 Å². The lowest BCUT2D eigenvalue weighted by Gasteiger charge is -2.38. The zero-order valence-corrected chi connectivity index (χ0v) is 14.1. The van der Waals surface area contributed by atoms with Crippen LogP contribution in [0, 0.1) is 0 Å². The summed E-state index contributed by atoms with van der Waals surface area (Å²) in [6.45, 7) is 6.11. The van der Waals surface area contributed by atoms with Crippen molar-refractivity contribution < 1.29 is 15.3 Å². The second kappa shape index (κ2) is 7.99. The third kappa shape index (κ3) is 3.77. The predicted molar refractivity (Wildman–Crippen MR) is 94.7 cm³/mol. The molecule has 1 aliphatic heterocycles. The Hall–Kier alpha value is -2.31. The lowest BCUT2D eigenvalue weighted by molar-refractivity contribution is 0.198. The Morgan fingerprint density at radius 2 is 1.88 bits per heavy atom. The Morgan fingerprint density at radius 3 is 2.50 bits per heavy atom. The molecule has 0 radical (unpaired) electrons.